The fraction of sp³-hybridized carbons (Fsp3) is 0.727. The predicted octanol–water partition coefficient (Wildman–Crippen LogP) is 1.31. The second kappa shape index (κ2) is 6.15. The number of halogens is 1. The summed E-state index contributed by atoms with van der Waals surface area (Å²) in [4.78, 5) is 14.5. The number of rotatable bonds is 5. The summed E-state index contributed by atoms with van der Waals surface area (Å²) < 4.78 is 0. The molecule has 18 heavy (non-hydrogen) atoms. The Hall–Kier alpha value is -1.14. The lowest BCUT2D eigenvalue weighted by Crippen LogP contribution is -2.33. The maximum absolute atomic E-state index is 9.32. The van der Waals surface area contributed by atoms with Gasteiger partial charge < -0.3 is 15.3 Å². The van der Waals surface area contributed by atoms with Crippen LogP contribution < -0.4 is 10.2 Å². The molecule has 2 rings (SSSR count). The number of aromatic nitrogens is 3. The smallest absolute Gasteiger partial charge is 0.231 e. The minimum atomic E-state index is 0.0856. The third-order valence-electron chi connectivity index (χ3n) is 2.97. The molecule has 1 unspecified atom stereocenters. The Bertz CT molecular complexity index is 403. The fourth-order valence-corrected chi connectivity index (χ4v) is 2.23. The molecule has 100 valence electrons. The van der Waals surface area contributed by atoms with Crippen molar-refractivity contribution < 1.29 is 5.11 Å². The van der Waals surface area contributed by atoms with Crippen LogP contribution in [0.4, 0.5) is 11.9 Å². The van der Waals surface area contributed by atoms with E-state index in [1.165, 1.54) is 0 Å². The Labute approximate surface area is 111 Å². The summed E-state index contributed by atoms with van der Waals surface area (Å²) in [6, 6.07) is 0.0856. The van der Waals surface area contributed by atoms with Gasteiger partial charge in [-0.15, -0.1) is 0 Å². The molecular weight excluding hydrogens is 254 g/mol. The lowest BCUT2D eigenvalue weighted by atomic mass is 10.2. The first-order chi connectivity index (χ1) is 8.74. The molecule has 0 radical (unpaired) electrons. The number of aliphatic hydroxyl groups excluding tert-OH is 1. The monoisotopic (exact) mass is 271 g/mol. The molecule has 1 aliphatic rings. The third-order valence-corrected chi connectivity index (χ3v) is 3.14. The van der Waals surface area contributed by atoms with Crippen LogP contribution >= 0.6 is 11.6 Å². The Morgan fingerprint density at radius 1 is 1.44 bits per heavy atom. The Kier molecular flexibility index (Phi) is 4.54. The van der Waals surface area contributed by atoms with Gasteiger partial charge in [0.05, 0.1) is 12.6 Å². The van der Waals surface area contributed by atoms with Crippen molar-refractivity contribution in [1.29, 1.82) is 0 Å². The standard InChI is InChI=1S/C11H18ClN5O/c1-2-5-13-10-14-9(12)15-11(16-10)17-6-3-4-8(17)7-18/h8,18H,2-7H2,1H3,(H,13,14,15,16). The molecule has 2 heterocycles. The van der Waals surface area contributed by atoms with Gasteiger partial charge in [-0.1, -0.05) is 6.92 Å². The fourth-order valence-electron chi connectivity index (χ4n) is 2.07. The quantitative estimate of drug-likeness (QED) is 0.841. The molecule has 6 nitrogen and oxygen atoms in total. The van der Waals surface area contributed by atoms with Gasteiger partial charge in [-0.2, -0.15) is 15.0 Å². The highest BCUT2D eigenvalue weighted by Crippen LogP contribution is 2.23. The zero-order valence-corrected chi connectivity index (χ0v) is 11.2. The summed E-state index contributed by atoms with van der Waals surface area (Å²) in [7, 11) is 0. The largest absolute Gasteiger partial charge is 0.394 e. The van der Waals surface area contributed by atoms with Gasteiger partial charge in [-0.3, -0.25) is 0 Å². The number of aliphatic hydroxyl groups is 1. The number of anilines is 2. The first-order valence-corrected chi connectivity index (χ1v) is 6.65. The van der Waals surface area contributed by atoms with E-state index in [0.717, 1.165) is 32.4 Å². The molecule has 0 bridgehead atoms. The molecular formula is C11H18ClN5O. The van der Waals surface area contributed by atoms with Gasteiger partial charge in [-0.25, -0.2) is 0 Å². The molecule has 0 saturated carbocycles. The molecule has 1 atom stereocenters. The second-order valence-corrected chi connectivity index (χ2v) is 4.66. The first kappa shape index (κ1) is 13.3. The Morgan fingerprint density at radius 2 is 2.28 bits per heavy atom. The molecule has 1 saturated heterocycles. The molecule has 0 amide bonds. The van der Waals surface area contributed by atoms with Crippen molar-refractivity contribution in [3.8, 4) is 0 Å². The third kappa shape index (κ3) is 3.00. The van der Waals surface area contributed by atoms with Gasteiger partial charge in [0.15, 0.2) is 0 Å². The molecule has 1 aromatic rings. The SMILES string of the molecule is CCCNc1nc(Cl)nc(N2CCCC2CO)n1. The average molecular weight is 272 g/mol. The van der Waals surface area contributed by atoms with Crippen molar-refractivity contribution >= 4 is 23.5 Å². The lowest BCUT2D eigenvalue weighted by molar-refractivity contribution is 0.265. The predicted molar refractivity (Wildman–Crippen MR) is 71.1 cm³/mol. The summed E-state index contributed by atoms with van der Waals surface area (Å²) in [5.74, 6) is 1.04. The van der Waals surface area contributed by atoms with Crippen LogP contribution in [0.15, 0.2) is 0 Å². The van der Waals surface area contributed by atoms with Crippen LogP contribution in [0, 0.1) is 0 Å². The van der Waals surface area contributed by atoms with Gasteiger partial charge in [0.2, 0.25) is 17.2 Å². The van der Waals surface area contributed by atoms with Crippen molar-refractivity contribution in [2.75, 3.05) is 29.9 Å². The highest BCUT2D eigenvalue weighted by molar-refractivity contribution is 6.28. The molecule has 0 aliphatic carbocycles. The van der Waals surface area contributed by atoms with Crippen molar-refractivity contribution in [2.24, 2.45) is 0 Å². The van der Waals surface area contributed by atoms with E-state index >= 15 is 0 Å². The summed E-state index contributed by atoms with van der Waals surface area (Å²) in [5, 5.41) is 12.6. The van der Waals surface area contributed by atoms with Gasteiger partial charge in [-0.05, 0) is 30.9 Å². The minimum absolute atomic E-state index is 0.0856. The molecule has 7 heteroatoms. The van der Waals surface area contributed by atoms with Gasteiger partial charge >= 0.3 is 0 Å². The van der Waals surface area contributed by atoms with Crippen molar-refractivity contribution in [2.45, 2.75) is 32.2 Å². The Balaban J connectivity index is 2.18. The molecule has 1 aliphatic heterocycles. The van der Waals surface area contributed by atoms with Crippen molar-refractivity contribution in [3.63, 3.8) is 0 Å². The average Bonchev–Trinajstić information content (AvgIpc) is 2.84. The van der Waals surface area contributed by atoms with Crippen LogP contribution in [0.3, 0.4) is 0 Å². The van der Waals surface area contributed by atoms with E-state index in [1.807, 2.05) is 4.90 Å². The van der Waals surface area contributed by atoms with E-state index in [4.69, 9.17) is 11.6 Å². The van der Waals surface area contributed by atoms with E-state index in [-0.39, 0.29) is 17.9 Å². The van der Waals surface area contributed by atoms with Gasteiger partial charge in [0.1, 0.15) is 0 Å². The van der Waals surface area contributed by atoms with Crippen LogP contribution in [0.5, 0.6) is 0 Å². The zero-order chi connectivity index (χ0) is 13.0. The normalized spacial score (nSPS) is 19.3. The molecule has 0 aromatic carbocycles. The van der Waals surface area contributed by atoms with E-state index in [0.29, 0.717) is 11.9 Å². The number of hydrogen-bond donors (Lipinski definition) is 2. The van der Waals surface area contributed by atoms with E-state index in [1.54, 1.807) is 0 Å². The highest BCUT2D eigenvalue weighted by Gasteiger charge is 2.26. The van der Waals surface area contributed by atoms with Crippen LogP contribution in [0.2, 0.25) is 5.28 Å². The molecule has 0 spiro atoms. The lowest BCUT2D eigenvalue weighted by Gasteiger charge is -2.23. The van der Waals surface area contributed by atoms with Gasteiger partial charge in [0.25, 0.3) is 0 Å². The number of hydrogen-bond acceptors (Lipinski definition) is 6. The number of nitrogens with zero attached hydrogens (tertiary/aromatic N) is 4. The first-order valence-electron chi connectivity index (χ1n) is 6.27. The highest BCUT2D eigenvalue weighted by atomic mass is 35.5. The van der Waals surface area contributed by atoms with Crippen LogP contribution in [-0.4, -0.2) is 45.8 Å². The summed E-state index contributed by atoms with van der Waals surface area (Å²) >= 11 is 5.91. The van der Waals surface area contributed by atoms with E-state index in [2.05, 4.69) is 27.2 Å². The summed E-state index contributed by atoms with van der Waals surface area (Å²) in [6.45, 7) is 3.82. The maximum Gasteiger partial charge on any atom is 0.231 e. The van der Waals surface area contributed by atoms with Crippen molar-refractivity contribution in [3.05, 3.63) is 5.28 Å². The Morgan fingerprint density at radius 3 is 3.00 bits per heavy atom. The van der Waals surface area contributed by atoms with E-state index in [9.17, 15) is 5.11 Å². The number of nitrogens with one attached hydrogen (secondary N) is 1. The maximum atomic E-state index is 9.32. The van der Waals surface area contributed by atoms with Crippen molar-refractivity contribution in [1.82, 2.24) is 15.0 Å². The summed E-state index contributed by atoms with van der Waals surface area (Å²) in [6.07, 6.45) is 2.98. The van der Waals surface area contributed by atoms with Crippen LogP contribution in [0.25, 0.3) is 0 Å². The van der Waals surface area contributed by atoms with E-state index < -0.39 is 0 Å². The molecule has 2 N–H and O–H groups in total. The van der Waals surface area contributed by atoms with Gasteiger partial charge in [0, 0.05) is 13.1 Å². The van der Waals surface area contributed by atoms with Crippen LogP contribution in [-0.2, 0) is 0 Å². The zero-order valence-electron chi connectivity index (χ0n) is 10.4. The summed E-state index contributed by atoms with van der Waals surface area (Å²) in [5.41, 5.74) is 0. The van der Waals surface area contributed by atoms with Crippen LogP contribution in [0.1, 0.15) is 26.2 Å². The second-order valence-electron chi connectivity index (χ2n) is 4.33. The minimum Gasteiger partial charge on any atom is -0.394 e. The topological polar surface area (TPSA) is 74.2 Å². The molecule has 1 aromatic heterocycles. The molecule has 1 fully saturated rings.